The smallest absolute Gasteiger partial charge is 0.274 e. The molecule has 0 aliphatic heterocycles. The first kappa shape index (κ1) is 12.7. The molecule has 0 bridgehead atoms. The third kappa shape index (κ3) is 2.94. The topological polar surface area (TPSA) is 67.8 Å². The number of nitrogens with one attached hydrogen (secondary N) is 1. The fourth-order valence-corrected chi connectivity index (χ4v) is 1.68. The molecular formula is C11H8Cl2N4O. The number of pyridine rings is 1. The predicted octanol–water partition coefficient (Wildman–Crippen LogP) is 2.74. The van der Waals surface area contributed by atoms with Gasteiger partial charge in [-0.2, -0.15) is 0 Å². The van der Waals surface area contributed by atoms with Gasteiger partial charge in [0.05, 0.1) is 16.9 Å². The number of rotatable bonds is 2. The first-order valence-electron chi connectivity index (χ1n) is 4.98. The quantitative estimate of drug-likeness (QED) is 0.860. The van der Waals surface area contributed by atoms with Gasteiger partial charge in [-0.05, 0) is 30.7 Å². The van der Waals surface area contributed by atoms with E-state index in [9.17, 15) is 4.79 Å². The zero-order chi connectivity index (χ0) is 13.1. The summed E-state index contributed by atoms with van der Waals surface area (Å²) in [4.78, 5) is 23.5. The van der Waals surface area contributed by atoms with Crippen molar-refractivity contribution >= 4 is 34.8 Å². The number of anilines is 1. The van der Waals surface area contributed by atoms with Crippen LogP contribution in [-0.4, -0.2) is 20.9 Å². The molecule has 2 aromatic heterocycles. The molecule has 1 amide bonds. The Morgan fingerprint density at radius 2 is 2.11 bits per heavy atom. The molecule has 2 heterocycles. The van der Waals surface area contributed by atoms with Crippen LogP contribution in [0.3, 0.4) is 0 Å². The minimum absolute atomic E-state index is 0.0254. The molecule has 0 fully saturated rings. The van der Waals surface area contributed by atoms with Crippen molar-refractivity contribution in [2.75, 3.05) is 5.32 Å². The average molecular weight is 283 g/mol. The molecule has 92 valence electrons. The van der Waals surface area contributed by atoms with Gasteiger partial charge in [0.15, 0.2) is 0 Å². The number of aryl methyl sites for hydroxylation is 1. The standard InChI is InChI=1S/C11H8Cl2N4O/c1-6-4-8(17-11(13)15-6)10(18)16-9-5-14-3-2-7(9)12/h2-5H,1H3,(H,16,18). The lowest BCUT2D eigenvalue weighted by atomic mass is 10.3. The van der Waals surface area contributed by atoms with E-state index in [1.165, 1.54) is 18.5 Å². The zero-order valence-corrected chi connectivity index (χ0v) is 10.8. The van der Waals surface area contributed by atoms with Crippen LogP contribution >= 0.6 is 23.2 Å². The van der Waals surface area contributed by atoms with E-state index >= 15 is 0 Å². The monoisotopic (exact) mass is 282 g/mol. The first-order valence-corrected chi connectivity index (χ1v) is 5.74. The van der Waals surface area contributed by atoms with Crippen LogP contribution in [0.15, 0.2) is 24.5 Å². The molecule has 0 radical (unpaired) electrons. The Kier molecular flexibility index (Phi) is 3.74. The van der Waals surface area contributed by atoms with E-state index in [0.717, 1.165) is 0 Å². The fraction of sp³-hybridized carbons (Fsp3) is 0.0909. The molecule has 0 aliphatic rings. The maximum absolute atomic E-state index is 11.9. The number of carbonyl (C=O) groups is 1. The predicted molar refractivity (Wildman–Crippen MR) is 69.0 cm³/mol. The van der Waals surface area contributed by atoms with Crippen molar-refractivity contribution in [2.24, 2.45) is 0 Å². The van der Waals surface area contributed by atoms with Crippen molar-refractivity contribution in [3.8, 4) is 0 Å². The van der Waals surface area contributed by atoms with Gasteiger partial charge in [0.2, 0.25) is 5.28 Å². The minimum atomic E-state index is -0.419. The number of aromatic nitrogens is 3. The van der Waals surface area contributed by atoms with Crippen molar-refractivity contribution in [1.29, 1.82) is 0 Å². The van der Waals surface area contributed by atoms with Crippen LogP contribution in [0.5, 0.6) is 0 Å². The minimum Gasteiger partial charge on any atom is -0.318 e. The largest absolute Gasteiger partial charge is 0.318 e. The SMILES string of the molecule is Cc1cc(C(=O)Nc2cnccc2Cl)nc(Cl)n1. The normalized spacial score (nSPS) is 10.2. The molecule has 0 aliphatic carbocycles. The van der Waals surface area contributed by atoms with Gasteiger partial charge in [0, 0.05) is 11.9 Å². The van der Waals surface area contributed by atoms with Crippen molar-refractivity contribution < 1.29 is 4.79 Å². The van der Waals surface area contributed by atoms with Crippen LogP contribution in [-0.2, 0) is 0 Å². The lowest BCUT2D eigenvalue weighted by Gasteiger charge is -2.06. The van der Waals surface area contributed by atoms with Gasteiger partial charge < -0.3 is 5.32 Å². The Morgan fingerprint density at radius 3 is 2.78 bits per heavy atom. The summed E-state index contributed by atoms with van der Waals surface area (Å²) in [6, 6.07) is 3.11. The second-order valence-electron chi connectivity index (χ2n) is 3.47. The average Bonchev–Trinajstić information content (AvgIpc) is 2.31. The zero-order valence-electron chi connectivity index (χ0n) is 9.32. The molecule has 2 rings (SSSR count). The van der Waals surface area contributed by atoms with Crippen LogP contribution in [0.1, 0.15) is 16.2 Å². The number of hydrogen-bond donors (Lipinski definition) is 1. The third-order valence-electron chi connectivity index (χ3n) is 2.08. The summed E-state index contributed by atoms with van der Waals surface area (Å²) in [6.07, 6.45) is 2.99. The van der Waals surface area contributed by atoms with Crippen molar-refractivity contribution in [2.45, 2.75) is 6.92 Å². The lowest BCUT2D eigenvalue weighted by Crippen LogP contribution is -2.15. The molecule has 5 nitrogen and oxygen atoms in total. The summed E-state index contributed by atoms with van der Waals surface area (Å²) in [5.41, 5.74) is 1.20. The van der Waals surface area contributed by atoms with Gasteiger partial charge in [-0.1, -0.05) is 11.6 Å². The van der Waals surface area contributed by atoms with Crippen LogP contribution in [0, 0.1) is 6.92 Å². The highest BCUT2D eigenvalue weighted by molar-refractivity contribution is 6.33. The molecule has 1 N–H and O–H groups in total. The summed E-state index contributed by atoms with van der Waals surface area (Å²) in [5, 5.41) is 3.02. The lowest BCUT2D eigenvalue weighted by molar-refractivity contribution is 0.102. The Hall–Kier alpha value is -1.72. The van der Waals surface area contributed by atoms with E-state index in [-0.39, 0.29) is 11.0 Å². The van der Waals surface area contributed by atoms with Gasteiger partial charge in [-0.15, -0.1) is 0 Å². The Morgan fingerprint density at radius 1 is 1.33 bits per heavy atom. The summed E-state index contributed by atoms with van der Waals surface area (Å²) < 4.78 is 0. The fourth-order valence-electron chi connectivity index (χ4n) is 1.30. The van der Waals surface area contributed by atoms with Gasteiger partial charge in [0.25, 0.3) is 5.91 Å². The van der Waals surface area contributed by atoms with Crippen LogP contribution in [0.2, 0.25) is 10.3 Å². The van der Waals surface area contributed by atoms with Crippen molar-refractivity contribution in [3.05, 3.63) is 46.2 Å². The molecule has 0 atom stereocenters. The third-order valence-corrected chi connectivity index (χ3v) is 2.57. The van der Waals surface area contributed by atoms with Crippen LogP contribution in [0.4, 0.5) is 5.69 Å². The highest BCUT2D eigenvalue weighted by Crippen LogP contribution is 2.19. The molecule has 0 aromatic carbocycles. The van der Waals surface area contributed by atoms with E-state index in [1.807, 2.05) is 0 Å². The van der Waals surface area contributed by atoms with E-state index in [4.69, 9.17) is 23.2 Å². The van der Waals surface area contributed by atoms with Crippen molar-refractivity contribution in [1.82, 2.24) is 15.0 Å². The van der Waals surface area contributed by atoms with E-state index in [2.05, 4.69) is 20.3 Å². The molecule has 2 aromatic rings. The maximum atomic E-state index is 11.9. The summed E-state index contributed by atoms with van der Waals surface area (Å²) >= 11 is 11.6. The number of nitrogens with zero attached hydrogens (tertiary/aromatic N) is 3. The van der Waals surface area contributed by atoms with Gasteiger partial charge in [0.1, 0.15) is 5.69 Å². The number of amides is 1. The number of hydrogen-bond acceptors (Lipinski definition) is 4. The second-order valence-corrected chi connectivity index (χ2v) is 4.22. The van der Waals surface area contributed by atoms with E-state index < -0.39 is 5.91 Å². The Labute approximate surface area is 113 Å². The van der Waals surface area contributed by atoms with Crippen LogP contribution < -0.4 is 5.32 Å². The van der Waals surface area contributed by atoms with Crippen LogP contribution in [0.25, 0.3) is 0 Å². The van der Waals surface area contributed by atoms with Gasteiger partial charge in [-0.25, -0.2) is 9.97 Å². The second kappa shape index (κ2) is 5.29. The van der Waals surface area contributed by atoms with Crippen molar-refractivity contribution in [3.63, 3.8) is 0 Å². The molecule has 7 heteroatoms. The van der Waals surface area contributed by atoms with E-state index in [0.29, 0.717) is 16.4 Å². The Bertz CT molecular complexity index is 583. The molecule has 0 unspecified atom stereocenters. The molecule has 0 saturated heterocycles. The molecule has 0 saturated carbocycles. The Balaban J connectivity index is 2.25. The molecular weight excluding hydrogens is 275 g/mol. The highest BCUT2D eigenvalue weighted by Gasteiger charge is 2.11. The van der Waals surface area contributed by atoms with Gasteiger partial charge in [-0.3, -0.25) is 9.78 Å². The maximum Gasteiger partial charge on any atom is 0.274 e. The first-order chi connectivity index (χ1) is 8.56. The van der Waals surface area contributed by atoms with E-state index in [1.54, 1.807) is 13.0 Å². The number of halogens is 2. The van der Waals surface area contributed by atoms with Gasteiger partial charge >= 0.3 is 0 Å². The number of carbonyl (C=O) groups excluding carboxylic acids is 1. The molecule has 0 spiro atoms. The molecule has 18 heavy (non-hydrogen) atoms. The summed E-state index contributed by atoms with van der Waals surface area (Å²) in [5.74, 6) is -0.419. The highest BCUT2D eigenvalue weighted by atomic mass is 35.5. The summed E-state index contributed by atoms with van der Waals surface area (Å²) in [6.45, 7) is 1.72. The summed E-state index contributed by atoms with van der Waals surface area (Å²) in [7, 11) is 0.